The third-order valence-electron chi connectivity index (χ3n) is 5.18. The molecule has 0 bridgehead atoms. The second-order valence-corrected chi connectivity index (χ2v) is 8.76. The highest BCUT2D eigenvalue weighted by Crippen LogP contribution is 2.40. The van der Waals surface area contributed by atoms with E-state index >= 15 is 0 Å². The van der Waals surface area contributed by atoms with E-state index in [1.54, 1.807) is 0 Å². The molecule has 4 unspecified atom stereocenters. The van der Waals surface area contributed by atoms with Gasteiger partial charge in [0.15, 0.2) is 0 Å². The number of hydrogen-bond donors (Lipinski definition) is 1. The molecule has 0 aliphatic heterocycles. The van der Waals surface area contributed by atoms with Gasteiger partial charge in [-0.15, -0.1) is 0 Å². The standard InChI is InChI=1S/C17H35NOS/c1-13(9-10-20-6)18(5)12-14-11-15(17(2,3)4)7-8-16(14)19/h13-16,19H,7-12H2,1-6H3. The van der Waals surface area contributed by atoms with Gasteiger partial charge >= 0.3 is 0 Å². The first kappa shape index (κ1) is 18.3. The molecular weight excluding hydrogens is 266 g/mol. The lowest BCUT2D eigenvalue weighted by molar-refractivity contribution is 0.00211. The summed E-state index contributed by atoms with van der Waals surface area (Å²) in [6.45, 7) is 10.4. The van der Waals surface area contributed by atoms with Crippen LogP contribution in [0.25, 0.3) is 0 Å². The second kappa shape index (κ2) is 8.05. The molecule has 0 aromatic rings. The summed E-state index contributed by atoms with van der Waals surface area (Å²) in [5, 5.41) is 10.3. The first-order chi connectivity index (χ1) is 9.25. The molecule has 1 N–H and O–H groups in total. The molecule has 0 heterocycles. The minimum Gasteiger partial charge on any atom is -0.393 e. The van der Waals surface area contributed by atoms with E-state index in [1.165, 1.54) is 25.0 Å². The average molecular weight is 302 g/mol. The molecule has 1 fully saturated rings. The highest BCUT2D eigenvalue weighted by molar-refractivity contribution is 7.98. The van der Waals surface area contributed by atoms with Gasteiger partial charge < -0.3 is 10.0 Å². The molecule has 1 rings (SSSR count). The lowest BCUT2D eigenvalue weighted by atomic mass is 9.68. The van der Waals surface area contributed by atoms with Crippen LogP contribution in [-0.4, -0.2) is 47.8 Å². The predicted molar refractivity (Wildman–Crippen MR) is 91.4 cm³/mol. The average Bonchev–Trinajstić information content (AvgIpc) is 2.37. The summed E-state index contributed by atoms with van der Waals surface area (Å²) in [6, 6.07) is 0.615. The van der Waals surface area contributed by atoms with Crippen molar-refractivity contribution < 1.29 is 5.11 Å². The smallest absolute Gasteiger partial charge is 0.0580 e. The molecule has 0 aromatic carbocycles. The van der Waals surface area contributed by atoms with E-state index in [0.717, 1.165) is 18.9 Å². The van der Waals surface area contributed by atoms with E-state index in [1.807, 2.05) is 11.8 Å². The Morgan fingerprint density at radius 2 is 1.95 bits per heavy atom. The second-order valence-electron chi connectivity index (χ2n) is 7.77. The summed E-state index contributed by atoms with van der Waals surface area (Å²) in [4.78, 5) is 2.45. The normalized spacial score (nSPS) is 29.7. The molecular formula is C17H35NOS. The van der Waals surface area contributed by atoms with Gasteiger partial charge in [-0.2, -0.15) is 11.8 Å². The van der Waals surface area contributed by atoms with E-state index in [0.29, 0.717) is 17.4 Å². The van der Waals surface area contributed by atoms with Gasteiger partial charge in [0, 0.05) is 12.6 Å². The first-order valence-electron chi connectivity index (χ1n) is 8.13. The Morgan fingerprint density at radius 1 is 1.30 bits per heavy atom. The van der Waals surface area contributed by atoms with E-state index in [4.69, 9.17) is 0 Å². The fourth-order valence-corrected chi connectivity index (χ4v) is 3.87. The Hall–Kier alpha value is 0.270. The van der Waals surface area contributed by atoms with Crippen LogP contribution in [0, 0.1) is 17.3 Å². The monoisotopic (exact) mass is 301 g/mol. The molecule has 0 amide bonds. The zero-order valence-corrected chi connectivity index (χ0v) is 15.2. The van der Waals surface area contributed by atoms with Gasteiger partial charge in [-0.3, -0.25) is 0 Å². The minimum atomic E-state index is -0.0937. The maximum absolute atomic E-state index is 10.3. The van der Waals surface area contributed by atoms with Gasteiger partial charge in [-0.1, -0.05) is 20.8 Å². The summed E-state index contributed by atoms with van der Waals surface area (Å²) >= 11 is 1.92. The number of rotatable bonds is 6. The number of nitrogens with zero attached hydrogens (tertiary/aromatic N) is 1. The van der Waals surface area contributed by atoms with Gasteiger partial charge in [0.25, 0.3) is 0 Å². The summed E-state index contributed by atoms with van der Waals surface area (Å²) < 4.78 is 0. The quantitative estimate of drug-likeness (QED) is 0.805. The van der Waals surface area contributed by atoms with Gasteiger partial charge in [0.05, 0.1) is 6.10 Å². The molecule has 0 radical (unpaired) electrons. The van der Waals surface area contributed by atoms with Crippen molar-refractivity contribution >= 4 is 11.8 Å². The summed E-state index contributed by atoms with van der Waals surface area (Å²) in [5.74, 6) is 2.43. The van der Waals surface area contributed by atoms with Crippen molar-refractivity contribution in [1.29, 1.82) is 0 Å². The van der Waals surface area contributed by atoms with Gasteiger partial charge in [0.1, 0.15) is 0 Å². The highest BCUT2D eigenvalue weighted by Gasteiger charge is 2.35. The molecule has 20 heavy (non-hydrogen) atoms. The molecule has 2 nitrogen and oxygen atoms in total. The Labute approximate surface area is 130 Å². The molecule has 0 aromatic heterocycles. The number of hydrogen-bond acceptors (Lipinski definition) is 3. The molecule has 3 heteroatoms. The van der Waals surface area contributed by atoms with Crippen molar-refractivity contribution in [2.24, 2.45) is 17.3 Å². The third kappa shape index (κ3) is 5.57. The van der Waals surface area contributed by atoms with Crippen LogP contribution in [0.1, 0.15) is 53.4 Å². The largest absolute Gasteiger partial charge is 0.393 e. The summed E-state index contributed by atoms with van der Waals surface area (Å²) in [7, 11) is 2.22. The zero-order valence-electron chi connectivity index (χ0n) is 14.4. The van der Waals surface area contributed by atoms with Crippen LogP contribution < -0.4 is 0 Å². The van der Waals surface area contributed by atoms with E-state index in [2.05, 4.69) is 45.9 Å². The fourth-order valence-electron chi connectivity index (χ4n) is 3.29. The maximum Gasteiger partial charge on any atom is 0.0580 e. The van der Waals surface area contributed by atoms with E-state index < -0.39 is 0 Å². The SMILES string of the molecule is CSCCC(C)N(C)CC1CC(C(C)(C)C)CCC1O. The molecule has 1 saturated carbocycles. The van der Waals surface area contributed by atoms with E-state index in [9.17, 15) is 5.11 Å². The number of aliphatic hydroxyl groups excluding tert-OH is 1. The zero-order chi connectivity index (χ0) is 15.3. The number of thioether (sulfide) groups is 1. The first-order valence-corrected chi connectivity index (χ1v) is 9.52. The van der Waals surface area contributed by atoms with Crippen LogP contribution in [0.4, 0.5) is 0 Å². The fraction of sp³-hybridized carbons (Fsp3) is 1.00. The third-order valence-corrected chi connectivity index (χ3v) is 5.83. The Balaban J connectivity index is 2.51. The maximum atomic E-state index is 10.3. The number of aliphatic hydroxyl groups is 1. The van der Waals surface area contributed by atoms with Crippen LogP contribution in [0.5, 0.6) is 0 Å². The van der Waals surface area contributed by atoms with Gasteiger partial charge in [-0.25, -0.2) is 0 Å². The van der Waals surface area contributed by atoms with Crippen molar-refractivity contribution in [3.63, 3.8) is 0 Å². The topological polar surface area (TPSA) is 23.5 Å². The minimum absolute atomic E-state index is 0.0937. The Morgan fingerprint density at radius 3 is 2.50 bits per heavy atom. The lowest BCUT2D eigenvalue weighted by Gasteiger charge is -2.42. The molecule has 1 aliphatic rings. The molecule has 1 aliphatic carbocycles. The van der Waals surface area contributed by atoms with E-state index in [-0.39, 0.29) is 6.10 Å². The van der Waals surface area contributed by atoms with Crippen LogP contribution in [0.3, 0.4) is 0 Å². The Kier molecular flexibility index (Phi) is 7.37. The van der Waals surface area contributed by atoms with Gasteiger partial charge in [0.2, 0.25) is 0 Å². The summed E-state index contributed by atoms with van der Waals surface area (Å²) in [5.41, 5.74) is 0.376. The highest BCUT2D eigenvalue weighted by atomic mass is 32.2. The van der Waals surface area contributed by atoms with Crippen LogP contribution in [0.2, 0.25) is 0 Å². The van der Waals surface area contributed by atoms with Crippen molar-refractivity contribution in [3.05, 3.63) is 0 Å². The van der Waals surface area contributed by atoms with Crippen molar-refractivity contribution in [2.75, 3.05) is 25.6 Å². The lowest BCUT2D eigenvalue weighted by Crippen LogP contribution is -2.42. The molecule has 0 spiro atoms. The van der Waals surface area contributed by atoms with Gasteiger partial charge in [-0.05, 0) is 68.9 Å². The van der Waals surface area contributed by atoms with Crippen LogP contribution in [0.15, 0.2) is 0 Å². The molecule has 120 valence electrons. The Bertz CT molecular complexity index is 277. The predicted octanol–water partition coefficient (Wildman–Crippen LogP) is 3.88. The van der Waals surface area contributed by atoms with Crippen molar-refractivity contribution in [2.45, 2.75) is 65.5 Å². The molecule has 4 atom stereocenters. The molecule has 0 saturated heterocycles. The van der Waals surface area contributed by atoms with Crippen molar-refractivity contribution in [3.8, 4) is 0 Å². The summed E-state index contributed by atoms with van der Waals surface area (Å²) in [6.07, 6.45) is 6.68. The van der Waals surface area contributed by atoms with Crippen molar-refractivity contribution in [1.82, 2.24) is 4.90 Å². The van der Waals surface area contributed by atoms with Crippen LogP contribution in [-0.2, 0) is 0 Å². The van der Waals surface area contributed by atoms with Crippen LogP contribution >= 0.6 is 11.8 Å².